The number of hydrogen-bond acceptors (Lipinski definition) is 4. The second-order valence-corrected chi connectivity index (χ2v) is 9.75. The minimum atomic E-state index is -3.38. The topological polar surface area (TPSA) is 57.7 Å². The molecule has 1 aliphatic carbocycles. The summed E-state index contributed by atoms with van der Waals surface area (Å²) < 4.78 is 24.7. The van der Waals surface area contributed by atoms with Crippen LogP contribution < -0.4 is 0 Å². The van der Waals surface area contributed by atoms with E-state index >= 15 is 0 Å². The number of carbonyl (C=O) groups is 1. The average molecular weight is 330 g/mol. The van der Waals surface area contributed by atoms with E-state index in [9.17, 15) is 13.2 Å². The lowest BCUT2D eigenvalue weighted by molar-refractivity contribution is -0.134. The molecule has 2 fully saturated rings. The summed E-state index contributed by atoms with van der Waals surface area (Å²) in [7, 11) is -3.38. The van der Waals surface area contributed by atoms with Gasteiger partial charge in [-0.1, -0.05) is 6.92 Å². The summed E-state index contributed by atoms with van der Waals surface area (Å²) in [5, 5.41) is -1.42. The first-order valence-electron chi connectivity index (χ1n) is 8.56. The summed E-state index contributed by atoms with van der Waals surface area (Å²) in [6, 6.07) is 0.489. The largest absolute Gasteiger partial charge is 0.336 e. The molecule has 2 aliphatic rings. The van der Waals surface area contributed by atoms with Crippen molar-refractivity contribution in [3.8, 4) is 0 Å². The fraction of sp³-hybridized carbons (Fsp3) is 0.938. The highest BCUT2D eigenvalue weighted by Crippen LogP contribution is 2.33. The molecule has 0 spiro atoms. The second kappa shape index (κ2) is 6.87. The van der Waals surface area contributed by atoms with Gasteiger partial charge in [-0.2, -0.15) is 0 Å². The molecule has 0 unspecified atom stereocenters. The highest BCUT2D eigenvalue weighted by atomic mass is 32.2. The molecule has 1 aliphatic heterocycles. The summed E-state index contributed by atoms with van der Waals surface area (Å²) in [4.78, 5) is 17.2. The van der Waals surface area contributed by atoms with Gasteiger partial charge >= 0.3 is 0 Å². The Morgan fingerprint density at radius 3 is 2.00 bits per heavy atom. The number of hydrogen-bond donors (Lipinski definition) is 0. The Balaban J connectivity index is 2.10. The quantitative estimate of drug-likeness (QED) is 0.743. The third-order valence-electron chi connectivity index (χ3n) is 5.09. The van der Waals surface area contributed by atoms with Crippen molar-refractivity contribution in [1.82, 2.24) is 9.80 Å². The number of carbonyl (C=O) groups excluding carboxylic acids is 1. The number of nitrogens with zero attached hydrogens (tertiary/aromatic N) is 2. The lowest BCUT2D eigenvalue weighted by Crippen LogP contribution is -2.52. The summed E-state index contributed by atoms with van der Waals surface area (Å²) in [6.45, 7) is 10.1. The summed E-state index contributed by atoms with van der Waals surface area (Å²) in [5.74, 6) is -0.175. The first-order valence-corrected chi connectivity index (χ1v) is 10.2. The standard InChI is InChI=1S/C16H30N2O3S/c1-5-17-10-8-15(9-11-17)18(14-6-7-14)16(19)13(4)22(20,21)12(2)3/h12-15H,5-11H2,1-4H3/t13-/m1/s1. The zero-order chi connectivity index (χ0) is 16.5. The van der Waals surface area contributed by atoms with Gasteiger partial charge in [-0.05, 0) is 53.0 Å². The maximum Gasteiger partial charge on any atom is 0.241 e. The molecule has 22 heavy (non-hydrogen) atoms. The molecule has 0 aromatic rings. The van der Waals surface area contributed by atoms with Crippen LogP contribution in [-0.4, -0.2) is 66.3 Å². The monoisotopic (exact) mass is 330 g/mol. The van der Waals surface area contributed by atoms with Crippen LogP contribution in [-0.2, 0) is 14.6 Å². The minimum absolute atomic E-state index is 0.175. The Hall–Kier alpha value is -0.620. The van der Waals surface area contributed by atoms with Gasteiger partial charge in [0.05, 0.1) is 5.25 Å². The zero-order valence-electron chi connectivity index (χ0n) is 14.3. The molecule has 1 saturated carbocycles. The molecule has 1 amide bonds. The van der Waals surface area contributed by atoms with Crippen LogP contribution in [0, 0.1) is 0 Å². The van der Waals surface area contributed by atoms with Crippen molar-refractivity contribution in [2.45, 2.75) is 76.0 Å². The smallest absolute Gasteiger partial charge is 0.241 e. The van der Waals surface area contributed by atoms with Crippen LogP contribution >= 0.6 is 0 Å². The van der Waals surface area contributed by atoms with Crippen molar-refractivity contribution in [3.63, 3.8) is 0 Å². The Labute approximate surface area is 135 Å². The van der Waals surface area contributed by atoms with Crippen molar-refractivity contribution in [2.24, 2.45) is 0 Å². The molecule has 6 heteroatoms. The van der Waals surface area contributed by atoms with Gasteiger partial charge in [0.15, 0.2) is 9.84 Å². The molecule has 1 atom stereocenters. The summed E-state index contributed by atoms with van der Waals surface area (Å²) in [5.41, 5.74) is 0. The van der Waals surface area contributed by atoms with E-state index in [1.54, 1.807) is 20.8 Å². The normalized spacial score (nSPS) is 22.8. The Morgan fingerprint density at radius 1 is 1.09 bits per heavy atom. The van der Waals surface area contributed by atoms with Crippen LogP contribution in [0.3, 0.4) is 0 Å². The maximum absolute atomic E-state index is 12.9. The number of piperidine rings is 1. The van der Waals surface area contributed by atoms with Crippen molar-refractivity contribution < 1.29 is 13.2 Å². The molecule has 2 rings (SSSR count). The van der Waals surface area contributed by atoms with Gasteiger partial charge in [0.25, 0.3) is 0 Å². The number of rotatable bonds is 6. The van der Waals surface area contributed by atoms with E-state index in [1.807, 2.05) is 4.90 Å². The molecule has 0 N–H and O–H groups in total. The van der Waals surface area contributed by atoms with Gasteiger partial charge in [0, 0.05) is 25.2 Å². The van der Waals surface area contributed by atoms with E-state index < -0.39 is 20.3 Å². The molecule has 5 nitrogen and oxygen atoms in total. The molecule has 0 bridgehead atoms. The van der Waals surface area contributed by atoms with Crippen LogP contribution in [0.15, 0.2) is 0 Å². The van der Waals surface area contributed by atoms with E-state index in [2.05, 4.69) is 11.8 Å². The van der Waals surface area contributed by atoms with E-state index in [4.69, 9.17) is 0 Å². The van der Waals surface area contributed by atoms with Crippen molar-refractivity contribution in [3.05, 3.63) is 0 Å². The van der Waals surface area contributed by atoms with Crippen LogP contribution in [0.4, 0.5) is 0 Å². The fourth-order valence-electron chi connectivity index (χ4n) is 3.28. The molecular weight excluding hydrogens is 300 g/mol. The van der Waals surface area contributed by atoms with E-state index in [-0.39, 0.29) is 18.0 Å². The van der Waals surface area contributed by atoms with Crippen LogP contribution in [0.5, 0.6) is 0 Å². The molecular formula is C16H30N2O3S. The van der Waals surface area contributed by atoms with Crippen LogP contribution in [0.2, 0.25) is 0 Å². The predicted octanol–water partition coefficient (Wildman–Crippen LogP) is 1.67. The van der Waals surface area contributed by atoms with Crippen molar-refractivity contribution in [2.75, 3.05) is 19.6 Å². The predicted molar refractivity (Wildman–Crippen MR) is 88.5 cm³/mol. The second-order valence-electron chi connectivity index (χ2n) is 6.92. The Kier molecular flexibility index (Phi) is 5.54. The van der Waals surface area contributed by atoms with Crippen LogP contribution in [0.1, 0.15) is 53.4 Å². The highest BCUT2D eigenvalue weighted by molar-refractivity contribution is 7.93. The van der Waals surface area contributed by atoms with Crippen LogP contribution in [0.25, 0.3) is 0 Å². The Bertz CT molecular complexity index is 492. The first kappa shape index (κ1) is 17.7. The van der Waals surface area contributed by atoms with Crippen molar-refractivity contribution >= 4 is 15.7 Å². The highest BCUT2D eigenvalue weighted by Gasteiger charge is 2.43. The lowest BCUT2D eigenvalue weighted by Gasteiger charge is -2.39. The Morgan fingerprint density at radius 2 is 1.59 bits per heavy atom. The number of likely N-dealkylation sites (tertiary alicyclic amines) is 1. The van der Waals surface area contributed by atoms with E-state index in [0.29, 0.717) is 0 Å². The lowest BCUT2D eigenvalue weighted by atomic mass is 10.0. The van der Waals surface area contributed by atoms with Gasteiger partial charge in [-0.25, -0.2) is 8.42 Å². The fourth-order valence-corrected chi connectivity index (χ4v) is 4.50. The van der Waals surface area contributed by atoms with Gasteiger partial charge in [0.1, 0.15) is 5.25 Å². The maximum atomic E-state index is 12.9. The number of sulfone groups is 1. The first-order chi connectivity index (χ1) is 10.3. The molecule has 1 heterocycles. The molecule has 128 valence electrons. The zero-order valence-corrected chi connectivity index (χ0v) is 15.1. The van der Waals surface area contributed by atoms with Gasteiger partial charge < -0.3 is 9.80 Å². The SMILES string of the molecule is CCN1CCC(N(C(=O)[C@@H](C)S(=O)(=O)C(C)C)C2CC2)CC1. The van der Waals surface area contributed by atoms with E-state index in [0.717, 1.165) is 45.3 Å². The number of amides is 1. The van der Waals surface area contributed by atoms with Gasteiger partial charge in [-0.15, -0.1) is 0 Å². The van der Waals surface area contributed by atoms with E-state index in [1.165, 1.54) is 0 Å². The molecule has 0 radical (unpaired) electrons. The summed E-state index contributed by atoms with van der Waals surface area (Å²) >= 11 is 0. The molecule has 1 saturated heterocycles. The van der Waals surface area contributed by atoms with Gasteiger partial charge in [0.2, 0.25) is 5.91 Å². The van der Waals surface area contributed by atoms with Gasteiger partial charge in [-0.3, -0.25) is 4.79 Å². The third kappa shape index (κ3) is 3.65. The average Bonchev–Trinajstić information content (AvgIpc) is 3.31. The minimum Gasteiger partial charge on any atom is -0.336 e. The molecule has 0 aromatic heterocycles. The molecule has 0 aromatic carbocycles. The van der Waals surface area contributed by atoms with Crippen molar-refractivity contribution in [1.29, 1.82) is 0 Å². The summed E-state index contributed by atoms with van der Waals surface area (Å²) in [6.07, 6.45) is 3.97. The third-order valence-corrected chi connectivity index (χ3v) is 7.59.